The number of hydrazine groups is 1. The quantitative estimate of drug-likeness (QED) is 0.799. The van der Waals surface area contributed by atoms with E-state index in [-0.39, 0.29) is 11.8 Å². The maximum Gasteiger partial charge on any atom is 0.269 e. The van der Waals surface area contributed by atoms with Crippen LogP contribution in [0.2, 0.25) is 0 Å². The molecule has 0 radical (unpaired) electrons. The molecule has 0 aliphatic carbocycles. The highest BCUT2D eigenvalue weighted by Crippen LogP contribution is 2.14. The molecule has 0 atom stereocenters. The summed E-state index contributed by atoms with van der Waals surface area (Å²) in [5, 5.41) is 0. The van der Waals surface area contributed by atoms with Crippen LogP contribution in [-0.2, 0) is 17.8 Å². The van der Waals surface area contributed by atoms with Crippen LogP contribution in [0.25, 0.3) is 0 Å². The van der Waals surface area contributed by atoms with Gasteiger partial charge in [0.1, 0.15) is 0 Å². The lowest BCUT2D eigenvalue weighted by molar-refractivity contribution is -0.128. The van der Waals surface area contributed by atoms with E-state index in [1.807, 2.05) is 36.1 Å². The zero-order chi connectivity index (χ0) is 19.2. The van der Waals surface area contributed by atoms with E-state index in [0.717, 1.165) is 30.5 Å². The van der Waals surface area contributed by atoms with E-state index in [2.05, 4.69) is 10.9 Å². The van der Waals surface area contributed by atoms with E-state index >= 15 is 0 Å². The maximum atomic E-state index is 12.2. The molecule has 140 valence electrons. The zero-order valence-electron chi connectivity index (χ0n) is 15.3. The smallest absolute Gasteiger partial charge is 0.269 e. The number of aryl methyl sites for hydroxylation is 1. The summed E-state index contributed by atoms with van der Waals surface area (Å²) in [6.45, 7) is 3.39. The molecule has 0 saturated carbocycles. The SMILES string of the molecule is CCc1ccc(C(=O)NNC(=O)c2ccc(CN3CCCC3=O)cc2)cc1. The second-order valence-electron chi connectivity index (χ2n) is 6.57. The Labute approximate surface area is 158 Å². The van der Waals surface area contributed by atoms with E-state index in [4.69, 9.17) is 0 Å². The molecular weight excluding hydrogens is 342 g/mol. The Morgan fingerprint density at radius 1 is 0.889 bits per heavy atom. The summed E-state index contributed by atoms with van der Waals surface area (Å²) in [6, 6.07) is 14.3. The van der Waals surface area contributed by atoms with Crippen molar-refractivity contribution in [3.05, 3.63) is 70.8 Å². The molecule has 0 unspecified atom stereocenters. The van der Waals surface area contributed by atoms with E-state index < -0.39 is 5.91 Å². The van der Waals surface area contributed by atoms with Crippen LogP contribution >= 0.6 is 0 Å². The van der Waals surface area contributed by atoms with Gasteiger partial charge in [0.25, 0.3) is 11.8 Å². The number of amides is 3. The molecule has 2 aromatic rings. The van der Waals surface area contributed by atoms with Gasteiger partial charge in [-0.2, -0.15) is 0 Å². The molecule has 1 aliphatic rings. The standard InChI is InChI=1S/C21H23N3O3/c1-2-15-5-9-17(10-6-15)20(26)22-23-21(27)18-11-7-16(8-12-18)14-24-13-3-4-19(24)25/h5-12H,2-4,13-14H2,1H3,(H,22,26)(H,23,27). The summed E-state index contributed by atoms with van der Waals surface area (Å²) in [6.07, 6.45) is 2.42. The summed E-state index contributed by atoms with van der Waals surface area (Å²) in [7, 11) is 0. The van der Waals surface area contributed by atoms with E-state index in [9.17, 15) is 14.4 Å². The molecule has 1 heterocycles. The van der Waals surface area contributed by atoms with Gasteiger partial charge in [-0.1, -0.05) is 31.2 Å². The Balaban J connectivity index is 1.52. The Hall–Kier alpha value is -3.15. The molecule has 0 bridgehead atoms. The highest BCUT2D eigenvalue weighted by atomic mass is 16.2. The van der Waals surface area contributed by atoms with Crippen molar-refractivity contribution < 1.29 is 14.4 Å². The number of likely N-dealkylation sites (tertiary alicyclic amines) is 1. The Bertz CT molecular complexity index is 829. The van der Waals surface area contributed by atoms with Gasteiger partial charge in [0, 0.05) is 30.6 Å². The number of carbonyl (C=O) groups is 3. The Morgan fingerprint density at radius 2 is 1.41 bits per heavy atom. The fourth-order valence-electron chi connectivity index (χ4n) is 3.00. The molecule has 0 aromatic heterocycles. The number of carbonyl (C=O) groups excluding carboxylic acids is 3. The molecule has 27 heavy (non-hydrogen) atoms. The molecule has 1 fully saturated rings. The first-order chi connectivity index (χ1) is 13.1. The van der Waals surface area contributed by atoms with Gasteiger partial charge in [0.15, 0.2) is 0 Å². The largest absolute Gasteiger partial charge is 0.338 e. The highest BCUT2D eigenvalue weighted by molar-refractivity contribution is 5.99. The van der Waals surface area contributed by atoms with Crippen LogP contribution in [0.5, 0.6) is 0 Å². The molecule has 1 saturated heterocycles. The van der Waals surface area contributed by atoms with Crippen LogP contribution < -0.4 is 10.9 Å². The summed E-state index contributed by atoms with van der Waals surface area (Å²) < 4.78 is 0. The van der Waals surface area contributed by atoms with Crippen LogP contribution in [0.4, 0.5) is 0 Å². The lowest BCUT2D eigenvalue weighted by atomic mass is 10.1. The third-order valence-corrected chi connectivity index (χ3v) is 4.67. The second-order valence-corrected chi connectivity index (χ2v) is 6.57. The minimum Gasteiger partial charge on any atom is -0.338 e. The predicted octanol–water partition coefficient (Wildman–Crippen LogP) is 2.45. The van der Waals surface area contributed by atoms with Crippen LogP contribution in [0.3, 0.4) is 0 Å². The third-order valence-electron chi connectivity index (χ3n) is 4.67. The first kappa shape index (κ1) is 18.6. The number of benzene rings is 2. The number of hydrogen-bond donors (Lipinski definition) is 2. The molecule has 0 spiro atoms. The Kier molecular flexibility index (Phi) is 5.86. The van der Waals surface area contributed by atoms with Crippen molar-refractivity contribution in [2.24, 2.45) is 0 Å². The lowest BCUT2D eigenvalue weighted by Gasteiger charge is -2.15. The van der Waals surface area contributed by atoms with Crippen LogP contribution in [-0.4, -0.2) is 29.2 Å². The molecule has 3 rings (SSSR count). The molecule has 3 amide bonds. The molecule has 2 aromatic carbocycles. The van der Waals surface area contributed by atoms with Gasteiger partial charge >= 0.3 is 0 Å². The van der Waals surface area contributed by atoms with Gasteiger partial charge in [-0.25, -0.2) is 0 Å². The monoisotopic (exact) mass is 365 g/mol. The van der Waals surface area contributed by atoms with Gasteiger partial charge in [-0.3, -0.25) is 25.2 Å². The van der Waals surface area contributed by atoms with Gasteiger partial charge in [0.05, 0.1) is 0 Å². The van der Waals surface area contributed by atoms with Crippen molar-refractivity contribution >= 4 is 17.7 Å². The maximum absolute atomic E-state index is 12.2. The first-order valence-electron chi connectivity index (χ1n) is 9.13. The van der Waals surface area contributed by atoms with Crippen molar-refractivity contribution in [2.45, 2.75) is 32.7 Å². The highest BCUT2D eigenvalue weighted by Gasteiger charge is 2.20. The predicted molar refractivity (Wildman–Crippen MR) is 102 cm³/mol. The summed E-state index contributed by atoms with van der Waals surface area (Å²) in [4.78, 5) is 37.8. The van der Waals surface area contributed by atoms with Crippen LogP contribution in [0.15, 0.2) is 48.5 Å². The average Bonchev–Trinajstić information content (AvgIpc) is 3.11. The topological polar surface area (TPSA) is 78.5 Å². The molecule has 1 aliphatic heterocycles. The van der Waals surface area contributed by atoms with E-state index in [1.54, 1.807) is 24.3 Å². The fraction of sp³-hybridized carbons (Fsp3) is 0.286. The van der Waals surface area contributed by atoms with Crippen molar-refractivity contribution in [2.75, 3.05) is 6.54 Å². The fourth-order valence-corrected chi connectivity index (χ4v) is 3.00. The molecule has 6 heteroatoms. The molecule has 6 nitrogen and oxygen atoms in total. The number of nitrogens with one attached hydrogen (secondary N) is 2. The van der Waals surface area contributed by atoms with Crippen molar-refractivity contribution in [3.63, 3.8) is 0 Å². The first-order valence-corrected chi connectivity index (χ1v) is 9.13. The van der Waals surface area contributed by atoms with Gasteiger partial charge < -0.3 is 4.90 Å². The minimum absolute atomic E-state index is 0.173. The van der Waals surface area contributed by atoms with E-state index in [1.165, 1.54) is 0 Å². The van der Waals surface area contributed by atoms with Gasteiger partial charge in [0.2, 0.25) is 5.91 Å². The van der Waals surface area contributed by atoms with E-state index in [0.29, 0.717) is 24.1 Å². The minimum atomic E-state index is -0.391. The van der Waals surface area contributed by atoms with Gasteiger partial charge in [-0.15, -0.1) is 0 Å². The van der Waals surface area contributed by atoms with Crippen molar-refractivity contribution in [3.8, 4) is 0 Å². The lowest BCUT2D eigenvalue weighted by Crippen LogP contribution is -2.41. The Morgan fingerprint density at radius 3 is 1.85 bits per heavy atom. The summed E-state index contributed by atoms with van der Waals surface area (Å²) in [5.41, 5.74) is 7.89. The zero-order valence-corrected chi connectivity index (χ0v) is 15.3. The normalized spacial score (nSPS) is 13.5. The summed E-state index contributed by atoms with van der Waals surface area (Å²) >= 11 is 0. The summed E-state index contributed by atoms with van der Waals surface area (Å²) in [5.74, 6) is -0.584. The average molecular weight is 365 g/mol. The van der Waals surface area contributed by atoms with Crippen LogP contribution in [0.1, 0.15) is 51.6 Å². The van der Waals surface area contributed by atoms with Crippen LogP contribution in [0, 0.1) is 0 Å². The third kappa shape index (κ3) is 4.73. The van der Waals surface area contributed by atoms with Crippen molar-refractivity contribution in [1.82, 2.24) is 15.8 Å². The molecular formula is C21H23N3O3. The number of hydrogen-bond acceptors (Lipinski definition) is 3. The molecule has 2 N–H and O–H groups in total. The van der Waals surface area contributed by atoms with Gasteiger partial charge in [-0.05, 0) is 48.2 Å². The second kappa shape index (κ2) is 8.49. The van der Waals surface area contributed by atoms with Crippen molar-refractivity contribution in [1.29, 1.82) is 0 Å². The number of rotatable bonds is 5. The number of nitrogens with zero attached hydrogens (tertiary/aromatic N) is 1.